The maximum absolute atomic E-state index is 5.66. The molecule has 30 heavy (non-hydrogen) atoms. The lowest BCUT2D eigenvalue weighted by molar-refractivity contribution is 0.409. The molecule has 2 aromatic carbocycles. The summed E-state index contributed by atoms with van der Waals surface area (Å²) in [6, 6.07) is 14.7. The van der Waals surface area contributed by atoms with Gasteiger partial charge in [-0.05, 0) is 44.5 Å². The minimum Gasteiger partial charge on any atom is -0.497 e. The molecule has 0 amide bonds. The second kappa shape index (κ2) is 9.04. The maximum Gasteiger partial charge on any atom is 0.123 e. The molecule has 0 N–H and O–H groups in total. The van der Waals surface area contributed by atoms with Crippen LogP contribution in [0.4, 0.5) is 5.69 Å². The summed E-state index contributed by atoms with van der Waals surface area (Å²) in [4.78, 5) is 3.71. The first-order valence-electron chi connectivity index (χ1n) is 10.4. The number of benzene rings is 2. The Balaban J connectivity index is 1.70. The van der Waals surface area contributed by atoms with Gasteiger partial charge in [0, 0.05) is 47.1 Å². The van der Waals surface area contributed by atoms with Crippen LogP contribution in [0.2, 0.25) is 0 Å². The van der Waals surface area contributed by atoms with Crippen LogP contribution >= 0.6 is 11.8 Å². The number of anilines is 1. The van der Waals surface area contributed by atoms with Crippen molar-refractivity contribution in [3.8, 4) is 11.5 Å². The Hall–Kier alpha value is -2.60. The number of fused-ring (bicyclic) bond motifs is 1. The summed E-state index contributed by atoms with van der Waals surface area (Å²) in [6.07, 6.45) is 3.21. The molecule has 1 atom stereocenters. The first kappa shape index (κ1) is 20.7. The third-order valence-corrected chi connectivity index (χ3v) is 7.01. The van der Waals surface area contributed by atoms with E-state index in [1.807, 2.05) is 28.6 Å². The molecule has 1 aromatic heterocycles. The molecule has 0 aliphatic carbocycles. The van der Waals surface area contributed by atoms with Crippen molar-refractivity contribution < 1.29 is 9.47 Å². The van der Waals surface area contributed by atoms with E-state index < -0.39 is 0 Å². The van der Waals surface area contributed by atoms with Gasteiger partial charge in [0.2, 0.25) is 0 Å². The SMILES string of the molecule is CCn1cc(CN2CCC(c3ccccc3OC)Sc3cc(OC)ccc32)c(C)n1. The molecule has 6 heteroatoms. The van der Waals surface area contributed by atoms with Crippen LogP contribution in [-0.2, 0) is 13.1 Å². The molecule has 1 unspecified atom stereocenters. The number of hydrogen-bond donors (Lipinski definition) is 0. The molecule has 0 saturated heterocycles. The zero-order valence-corrected chi connectivity index (χ0v) is 18.9. The standard InChI is InChI=1S/C24H29N3O2S/c1-5-27-16-18(17(2)25-27)15-26-13-12-23(20-8-6-7-9-22(20)29-4)30-24-14-19(28-3)10-11-21(24)26/h6-11,14,16,23H,5,12-13,15H2,1-4H3. The predicted octanol–water partition coefficient (Wildman–Crippen LogP) is 5.47. The van der Waals surface area contributed by atoms with Crippen LogP contribution in [0.25, 0.3) is 0 Å². The molecule has 158 valence electrons. The Morgan fingerprint density at radius 2 is 1.97 bits per heavy atom. The Morgan fingerprint density at radius 3 is 2.70 bits per heavy atom. The van der Waals surface area contributed by atoms with Gasteiger partial charge in [0.25, 0.3) is 0 Å². The van der Waals surface area contributed by atoms with Crippen molar-refractivity contribution in [1.29, 1.82) is 0 Å². The van der Waals surface area contributed by atoms with Gasteiger partial charge in [-0.15, -0.1) is 11.8 Å². The number of methoxy groups -OCH3 is 2. The quantitative estimate of drug-likeness (QED) is 0.526. The van der Waals surface area contributed by atoms with Gasteiger partial charge in [0.1, 0.15) is 11.5 Å². The Labute approximate surface area is 183 Å². The summed E-state index contributed by atoms with van der Waals surface area (Å²) in [5.41, 5.74) is 4.88. The summed E-state index contributed by atoms with van der Waals surface area (Å²) in [5, 5.41) is 4.95. The molecular weight excluding hydrogens is 394 g/mol. The van der Waals surface area contributed by atoms with Crippen molar-refractivity contribution in [2.75, 3.05) is 25.7 Å². The zero-order valence-electron chi connectivity index (χ0n) is 18.1. The number of ether oxygens (including phenoxy) is 2. The fraction of sp³-hybridized carbons (Fsp3) is 0.375. The van der Waals surface area contributed by atoms with Gasteiger partial charge in [-0.2, -0.15) is 5.10 Å². The van der Waals surface area contributed by atoms with E-state index in [0.717, 1.165) is 43.2 Å². The van der Waals surface area contributed by atoms with E-state index in [0.29, 0.717) is 5.25 Å². The third-order valence-electron chi connectivity index (χ3n) is 5.66. The zero-order chi connectivity index (χ0) is 21.1. The number of aryl methyl sites for hydroxylation is 2. The highest BCUT2D eigenvalue weighted by atomic mass is 32.2. The molecule has 0 bridgehead atoms. The van der Waals surface area contributed by atoms with Crippen molar-refractivity contribution in [2.45, 2.75) is 43.5 Å². The Morgan fingerprint density at radius 1 is 1.13 bits per heavy atom. The van der Waals surface area contributed by atoms with Gasteiger partial charge < -0.3 is 14.4 Å². The van der Waals surface area contributed by atoms with E-state index in [1.54, 1.807) is 14.2 Å². The van der Waals surface area contributed by atoms with Gasteiger partial charge >= 0.3 is 0 Å². The number of rotatable bonds is 6. The van der Waals surface area contributed by atoms with Gasteiger partial charge in [0.15, 0.2) is 0 Å². The lowest BCUT2D eigenvalue weighted by Gasteiger charge is -2.24. The first-order chi connectivity index (χ1) is 14.6. The molecule has 0 fully saturated rings. The van der Waals surface area contributed by atoms with Crippen LogP contribution in [-0.4, -0.2) is 30.5 Å². The van der Waals surface area contributed by atoms with E-state index in [-0.39, 0.29) is 0 Å². The highest BCUT2D eigenvalue weighted by Gasteiger charge is 2.26. The molecule has 4 rings (SSSR count). The average molecular weight is 424 g/mol. The number of para-hydroxylation sites is 1. The molecule has 3 aromatic rings. The van der Waals surface area contributed by atoms with Gasteiger partial charge in [0.05, 0.1) is 25.6 Å². The normalized spacial score (nSPS) is 16.1. The molecular formula is C24H29N3O2S. The number of nitrogens with zero attached hydrogens (tertiary/aromatic N) is 3. The van der Waals surface area contributed by atoms with Crippen molar-refractivity contribution in [3.63, 3.8) is 0 Å². The summed E-state index contributed by atoms with van der Waals surface area (Å²) >= 11 is 1.90. The second-order valence-electron chi connectivity index (χ2n) is 7.49. The second-order valence-corrected chi connectivity index (χ2v) is 8.73. The minimum absolute atomic E-state index is 0.316. The number of hydrogen-bond acceptors (Lipinski definition) is 5. The van der Waals surface area contributed by atoms with Crippen LogP contribution in [0, 0.1) is 6.92 Å². The number of aromatic nitrogens is 2. The summed E-state index contributed by atoms with van der Waals surface area (Å²) in [5.74, 6) is 1.84. The Kier molecular flexibility index (Phi) is 6.23. The van der Waals surface area contributed by atoms with E-state index in [1.165, 1.54) is 21.7 Å². The van der Waals surface area contributed by atoms with Crippen molar-refractivity contribution >= 4 is 17.4 Å². The van der Waals surface area contributed by atoms with E-state index in [2.05, 4.69) is 60.4 Å². The molecule has 0 radical (unpaired) electrons. The predicted molar refractivity (Wildman–Crippen MR) is 123 cm³/mol. The smallest absolute Gasteiger partial charge is 0.123 e. The van der Waals surface area contributed by atoms with Gasteiger partial charge in [-0.25, -0.2) is 0 Å². The molecule has 1 aliphatic rings. The highest BCUT2D eigenvalue weighted by molar-refractivity contribution is 7.99. The van der Waals surface area contributed by atoms with Crippen molar-refractivity contribution in [1.82, 2.24) is 9.78 Å². The van der Waals surface area contributed by atoms with Gasteiger partial charge in [-0.3, -0.25) is 4.68 Å². The molecule has 5 nitrogen and oxygen atoms in total. The summed E-state index contributed by atoms with van der Waals surface area (Å²) in [7, 11) is 3.47. The number of thioether (sulfide) groups is 1. The van der Waals surface area contributed by atoms with Crippen LogP contribution in [0.15, 0.2) is 53.6 Å². The van der Waals surface area contributed by atoms with Crippen LogP contribution in [0.5, 0.6) is 11.5 Å². The third kappa shape index (κ3) is 4.15. The largest absolute Gasteiger partial charge is 0.497 e. The topological polar surface area (TPSA) is 39.5 Å². The van der Waals surface area contributed by atoms with Gasteiger partial charge in [-0.1, -0.05) is 18.2 Å². The molecule has 2 heterocycles. The van der Waals surface area contributed by atoms with Crippen LogP contribution in [0.3, 0.4) is 0 Å². The first-order valence-corrected chi connectivity index (χ1v) is 11.3. The highest BCUT2D eigenvalue weighted by Crippen LogP contribution is 2.48. The summed E-state index contributed by atoms with van der Waals surface area (Å²) < 4.78 is 13.2. The summed E-state index contributed by atoms with van der Waals surface area (Å²) in [6.45, 7) is 6.93. The molecule has 0 saturated carbocycles. The van der Waals surface area contributed by atoms with Crippen molar-refractivity contribution in [3.05, 3.63) is 65.5 Å². The fourth-order valence-corrected chi connectivity index (χ4v) is 5.33. The minimum atomic E-state index is 0.316. The maximum atomic E-state index is 5.66. The lowest BCUT2D eigenvalue weighted by atomic mass is 10.1. The van der Waals surface area contributed by atoms with Crippen LogP contribution < -0.4 is 14.4 Å². The Bertz CT molecular complexity index is 1020. The van der Waals surface area contributed by atoms with E-state index in [9.17, 15) is 0 Å². The van der Waals surface area contributed by atoms with Crippen LogP contribution in [0.1, 0.15) is 35.4 Å². The fourth-order valence-electron chi connectivity index (χ4n) is 3.98. The monoisotopic (exact) mass is 423 g/mol. The average Bonchev–Trinajstić information content (AvgIpc) is 3.04. The molecule has 0 spiro atoms. The molecule has 1 aliphatic heterocycles. The lowest BCUT2D eigenvalue weighted by Crippen LogP contribution is -2.24. The van der Waals surface area contributed by atoms with E-state index >= 15 is 0 Å². The van der Waals surface area contributed by atoms with E-state index in [4.69, 9.17) is 9.47 Å². The van der Waals surface area contributed by atoms with Crippen molar-refractivity contribution in [2.24, 2.45) is 0 Å².